The highest BCUT2D eigenvalue weighted by Crippen LogP contribution is 2.27. The molecular formula is C10H23N. The standard InChI is InChI=1S/C10H23N/c1-6-9(7-2)10(5,11)8(3)4/h8-9H,6-7,11H2,1-5H3. The van der Waals surface area contributed by atoms with Gasteiger partial charge in [-0.25, -0.2) is 0 Å². The van der Waals surface area contributed by atoms with Crippen molar-refractivity contribution in [1.82, 2.24) is 0 Å². The van der Waals surface area contributed by atoms with Crippen molar-refractivity contribution in [3.8, 4) is 0 Å². The molecule has 1 atom stereocenters. The minimum absolute atomic E-state index is 0.0174. The zero-order chi connectivity index (χ0) is 9.07. The van der Waals surface area contributed by atoms with Crippen molar-refractivity contribution in [2.45, 2.75) is 53.0 Å². The Hall–Kier alpha value is -0.0400. The molecule has 0 fully saturated rings. The van der Waals surface area contributed by atoms with Crippen LogP contribution in [0, 0.1) is 11.8 Å². The maximum atomic E-state index is 6.22. The number of hydrogen-bond donors (Lipinski definition) is 1. The summed E-state index contributed by atoms with van der Waals surface area (Å²) in [5, 5.41) is 0. The molecule has 0 spiro atoms. The van der Waals surface area contributed by atoms with Crippen molar-refractivity contribution in [3.63, 3.8) is 0 Å². The van der Waals surface area contributed by atoms with Gasteiger partial charge in [-0.1, -0.05) is 40.5 Å². The van der Waals surface area contributed by atoms with Gasteiger partial charge in [0, 0.05) is 5.54 Å². The lowest BCUT2D eigenvalue weighted by atomic mass is 9.75. The van der Waals surface area contributed by atoms with Crippen LogP contribution in [0.25, 0.3) is 0 Å². The summed E-state index contributed by atoms with van der Waals surface area (Å²) in [5.74, 6) is 1.25. The maximum Gasteiger partial charge on any atom is 0.0177 e. The molecule has 1 unspecified atom stereocenters. The lowest BCUT2D eigenvalue weighted by Crippen LogP contribution is -2.48. The van der Waals surface area contributed by atoms with E-state index in [0.29, 0.717) is 11.8 Å². The fourth-order valence-electron chi connectivity index (χ4n) is 1.64. The molecule has 0 aromatic rings. The van der Waals surface area contributed by atoms with E-state index in [1.165, 1.54) is 12.8 Å². The number of rotatable bonds is 4. The van der Waals surface area contributed by atoms with Gasteiger partial charge in [0.15, 0.2) is 0 Å². The summed E-state index contributed by atoms with van der Waals surface area (Å²) in [5.41, 5.74) is 6.24. The van der Waals surface area contributed by atoms with Crippen LogP contribution in [0.4, 0.5) is 0 Å². The molecule has 2 N–H and O–H groups in total. The van der Waals surface area contributed by atoms with E-state index in [-0.39, 0.29) is 5.54 Å². The summed E-state index contributed by atoms with van der Waals surface area (Å²) >= 11 is 0. The second kappa shape index (κ2) is 4.10. The van der Waals surface area contributed by atoms with Crippen LogP contribution in [0.1, 0.15) is 47.5 Å². The first-order valence-corrected chi connectivity index (χ1v) is 4.75. The average Bonchev–Trinajstić information content (AvgIpc) is 1.89. The van der Waals surface area contributed by atoms with Gasteiger partial charge in [0.25, 0.3) is 0 Å². The third-order valence-electron chi connectivity index (χ3n) is 3.11. The first-order chi connectivity index (χ1) is 4.96. The van der Waals surface area contributed by atoms with E-state index in [2.05, 4.69) is 34.6 Å². The van der Waals surface area contributed by atoms with Crippen LogP contribution in [0.15, 0.2) is 0 Å². The molecule has 0 heterocycles. The number of nitrogens with two attached hydrogens (primary N) is 1. The molecule has 68 valence electrons. The summed E-state index contributed by atoms with van der Waals surface area (Å²) in [6, 6.07) is 0. The second-order valence-electron chi connectivity index (χ2n) is 4.03. The minimum atomic E-state index is 0.0174. The van der Waals surface area contributed by atoms with Gasteiger partial charge in [0.2, 0.25) is 0 Å². The molecule has 0 rings (SSSR count). The fourth-order valence-corrected chi connectivity index (χ4v) is 1.64. The Balaban J connectivity index is 4.24. The highest BCUT2D eigenvalue weighted by atomic mass is 14.8. The van der Waals surface area contributed by atoms with Crippen LogP contribution in [0.2, 0.25) is 0 Å². The van der Waals surface area contributed by atoms with E-state index in [9.17, 15) is 0 Å². The minimum Gasteiger partial charge on any atom is -0.325 e. The largest absolute Gasteiger partial charge is 0.325 e. The van der Waals surface area contributed by atoms with E-state index in [0.717, 1.165) is 0 Å². The normalized spacial score (nSPS) is 17.5. The Morgan fingerprint density at radius 3 is 1.64 bits per heavy atom. The quantitative estimate of drug-likeness (QED) is 0.667. The van der Waals surface area contributed by atoms with Gasteiger partial charge in [-0.15, -0.1) is 0 Å². The molecule has 0 saturated heterocycles. The molecule has 0 amide bonds. The van der Waals surface area contributed by atoms with E-state index >= 15 is 0 Å². The van der Waals surface area contributed by atoms with Crippen molar-refractivity contribution in [2.75, 3.05) is 0 Å². The molecule has 1 heteroatoms. The third kappa shape index (κ3) is 2.48. The smallest absolute Gasteiger partial charge is 0.0177 e. The molecule has 0 aliphatic heterocycles. The van der Waals surface area contributed by atoms with Gasteiger partial charge in [-0.3, -0.25) is 0 Å². The Kier molecular flexibility index (Phi) is 4.09. The zero-order valence-electron chi connectivity index (χ0n) is 8.65. The van der Waals surface area contributed by atoms with Crippen LogP contribution in [0.3, 0.4) is 0 Å². The SMILES string of the molecule is CCC(CC)C(C)(N)C(C)C. The molecule has 0 aromatic heterocycles. The molecule has 0 bridgehead atoms. The van der Waals surface area contributed by atoms with Crippen molar-refractivity contribution in [3.05, 3.63) is 0 Å². The fraction of sp³-hybridized carbons (Fsp3) is 1.00. The molecule has 0 aromatic carbocycles. The monoisotopic (exact) mass is 157 g/mol. The van der Waals surface area contributed by atoms with Crippen LogP contribution >= 0.6 is 0 Å². The van der Waals surface area contributed by atoms with Crippen molar-refractivity contribution < 1.29 is 0 Å². The first kappa shape index (κ1) is 11.0. The van der Waals surface area contributed by atoms with Crippen LogP contribution in [0.5, 0.6) is 0 Å². The summed E-state index contributed by atoms with van der Waals surface area (Å²) in [6.07, 6.45) is 2.39. The Bertz CT molecular complexity index is 101. The summed E-state index contributed by atoms with van der Waals surface area (Å²) in [4.78, 5) is 0. The second-order valence-corrected chi connectivity index (χ2v) is 4.03. The van der Waals surface area contributed by atoms with E-state index in [1.807, 2.05) is 0 Å². The van der Waals surface area contributed by atoms with E-state index in [1.54, 1.807) is 0 Å². The summed E-state index contributed by atoms with van der Waals surface area (Å²) < 4.78 is 0. The maximum absolute atomic E-state index is 6.22. The van der Waals surface area contributed by atoms with Crippen molar-refractivity contribution in [1.29, 1.82) is 0 Å². The highest BCUT2D eigenvalue weighted by molar-refractivity contribution is 4.88. The predicted octanol–water partition coefficient (Wildman–Crippen LogP) is 2.80. The molecular weight excluding hydrogens is 134 g/mol. The van der Waals surface area contributed by atoms with Gasteiger partial charge in [0.05, 0.1) is 0 Å². The van der Waals surface area contributed by atoms with E-state index < -0.39 is 0 Å². The molecule has 11 heavy (non-hydrogen) atoms. The lowest BCUT2D eigenvalue weighted by Gasteiger charge is -2.36. The van der Waals surface area contributed by atoms with Gasteiger partial charge in [0.1, 0.15) is 0 Å². The molecule has 0 aliphatic rings. The summed E-state index contributed by atoms with van der Waals surface area (Å²) in [7, 11) is 0. The van der Waals surface area contributed by atoms with Crippen LogP contribution < -0.4 is 5.73 Å². The van der Waals surface area contributed by atoms with Crippen LogP contribution in [-0.4, -0.2) is 5.54 Å². The summed E-state index contributed by atoms with van der Waals surface area (Å²) in [6.45, 7) is 11.0. The van der Waals surface area contributed by atoms with Gasteiger partial charge >= 0.3 is 0 Å². The van der Waals surface area contributed by atoms with Crippen LogP contribution in [-0.2, 0) is 0 Å². The van der Waals surface area contributed by atoms with E-state index in [4.69, 9.17) is 5.73 Å². The number of hydrogen-bond acceptors (Lipinski definition) is 1. The van der Waals surface area contributed by atoms with Crippen molar-refractivity contribution in [2.24, 2.45) is 17.6 Å². The predicted molar refractivity (Wildman–Crippen MR) is 51.5 cm³/mol. The Morgan fingerprint density at radius 2 is 1.55 bits per heavy atom. The van der Waals surface area contributed by atoms with Crippen molar-refractivity contribution >= 4 is 0 Å². The van der Waals surface area contributed by atoms with Gasteiger partial charge in [-0.05, 0) is 18.8 Å². The lowest BCUT2D eigenvalue weighted by molar-refractivity contribution is 0.207. The van der Waals surface area contributed by atoms with Gasteiger partial charge in [-0.2, -0.15) is 0 Å². The first-order valence-electron chi connectivity index (χ1n) is 4.75. The third-order valence-corrected chi connectivity index (χ3v) is 3.11. The molecule has 0 radical (unpaired) electrons. The van der Waals surface area contributed by atoms with Gasteiger partial charge < -0.3 is 5.73 Å². The Morgan fingerprint density at radius 1 is 1.18 bits per heavy atom. The Labute approximate surface area is 71.4 Å². The zero-order valence-corrected chi connectivity index (χ0v) is 8.65. The topological polar surface area (TPSA) is 26.0 Å². The average molecular weight is 157 g/mol. The highest BCUT2D eigenvalue weighted by Gasteiger charge is 2.30. The molecule has 0 saturated carbocycles. The molecule has 0 aliphatic carbocycles. The molecule has 1 nitrogen and oxygen atoms in total.